The molecular formula is C23H24F2N4O2. The summed E-state index contributed by atoms with van der Waals surface area (Å²) in [6.45, 7) is 4.74. The third-order valence-corrected chi connectivity index (χ3v) is 5.39. The summed E-state index contributed by atoms with van der Waals surface area (Å²) in [5.41, 5.74) is 2.01. The molecule has 0 fully saturated rings. The van der Waals surface area contributed by atoms with Crippen LogP contribution in [0.5, 0.6) is 0 Å². The fraction of sp³-hybridized carbons (Fsp3) is 0.304. The third-order valence-electron chi connectivity index (χ3n) is 5.39. The highest BCUT2D eigenvalue weighted by Gasteiger charge is 2.31. The van der Waals surface area contributed by atoms with Gasteiger partial charge in [0.1, 0.15) is 35.1 Å². The van der Waals surface area contributed by atoms with Crippen LogP contribution in [0.1, 0.15) is 19.7 Å². The lowest BCUT2D eigenvalue weighted by Gasteiger charge is -2.31. The van der Waals surface area contributed by atoms with Crippen LogP contribution < -0.4 is 5.32 Å². The first kappa shape index (κ1) is 21.0. The Bertz CT molecular complexity index is 1080. The van der Waals surface area contributed by atoms with Gasteiger partial charge in [-0.2, -0.15) is 0 Å². The van der Waals surface area contributed by atoms with Crippen molar-refractivity contribution in [3.8, 4) is 11.3 Å². The van der Waals surface area contributed by atoms with Crippen LogP contribution >= 0.6 is 0 Å². The standard InChI is InChI=1S/C23H24F2N4O2/c1-14(2)21(30)23(31)28-11-12-29-19(13-28)27-20(15-3-5-16(24)6-4-15)22(29)26-18-9-7-17(25)8-10-18/h3-10,14,21,26,30H,11-13H2,1-2H3. The number of nitrogens with one attached hydrogen (secondary N) is 1. The molecule has 1 atom stereocenters. The Labute approximate surface area is 179 Å². The van der Waals surface area contributed by atoms with Crippen LogP contribution in [0.2, 0.25) is 0 Å². The van der Waals surface area contributed by atoms with Crippen molar-refractivity contribution in [2.24, 2.45) is 5.92 Å². The van der Waals surface area contributed by atoms with Crippen molar-refractivity contribution in [2.75, 3.05) is 11.9 Å². The van der Waals surface area contributed by atoms with Crippen molar-refractivity contribution in [2.45, 2.75) is 33.0 Å². The van der Waals surface area contributed by atoms with Gasteiger partial charge in [0.25, 0.3) is 5.91 Å². The number of anilines is 2. The highest BCUT2D eigenvalue weighted by molar-refractivity contribution is 5.81. The number of nitrogens with zero attached hydrogens (tertiary/aromatic N) is 3. The fourth-order valence-electron chi connectivity index (χ4n) is 3.60. The number of aliphatic hydroxyl groups is 1. The first-order valence-electron chi connectivity index (χ1n) is 10.2. The molecule has 8 heteroatoms. The molecule has 0 bridgehead atoms. The topological polar surface area (TPSA) is 70.4 Å². The van der Waals surface area contributed by atoms with E-state index in [1.165, 1.54) is 24.3 Å². The molecule has 4 rings (SSSR count). The zero-order valence-electron chi connectivity index (χ0n) is 17.3. The highest BCUT2D eigenvalue weighted by Crippen LogP contribution is 2.33. The summed E-state index contributed by atoms with van der Waals surface area (Å²) in [6.07, 6.45) is -1.06. The Balaban J connectivity index is 1.71. The molecule has 0 aliphatic carbocycles. The monoisotopic (exact) mass is 426 g/mol. The van der Waals surface area contributed by atoms with Gasteiger partial charge >= 0.3 is 0 Å². The maximum Gasteiger partial charge on any atom is 0.252 e. The summed E-state index contributed by atoms with van der Waals surface area (Å²) >= 11 is 0. The number of hydrogen-bond acceptors (Lipinski definition) is 4. The maximum atomic E-state index is 13.5. The van der Waals surface area contributed by atoms with E-state index in [0.717, 1.165) is 0 Å². The van der Waals surface area contributed by atoms with E-state index in [2.05, 4.69) is 5.32 Å². The van der Waals surface area contributed by atoms with E-state index in [9.17, 15) is 18.7 Å². The molecule has 1 amide bonds. The van der Waals surface area contributed by atoms with Crippen molar-refractivity contribution in [3.05, 3.63) is 66.0 Å². The molecule has 2 aromatic carbocycles. The first-order chi connectivity index (χ1) is 14.8. The fourth-order valence-corrected chi connectivity index (χ4v) is 3.60. The lowest BCUT2D eigenvalue weighted by atomic mass is 10.1. The number of fused-ring (bicyclic) bond motifs is 1. The van der Waals surface area contributed by atoms with E-state index in [0.29, 0.717) is 41.7 Å². The number of carbonyl (C=O) groups is 1. The van der Waals surface area contributed by atoms with Crippen LogP contribution in [0.4, 0.5) is 20.3 Å². The quantitative estimate of drug-likeness (QED) is 0.649. The number of amides is 1. The molecule has 31 heavy (non-hydrogen) atoms. The Kier molecular flexibility index (Phi) is 5.73. The highest BCUT2D eigenvalue weighted by atomic mass is 19.1. The zero-order valence-corrected chi connectivity index (χ0v) is 17.3. The maximum absolute atomic E-state index is 13.5. The van der Waals surface area contributed by atoms with Gasteiger partial charge in [-0.05, 0) is 54.4 Å². The van der Waals surface area contributed by atoms with Gasteiger partial charge in [0, 0.05) is 24.3 Å². The van der Waals surface area contributed by atoms with Crippen molar-refractivity contribution in [1.29, 1.82) is 0 Å². The number of hydrogen-bond donors (Lipinski definition) is 2. The minimum atomic E-state index is -1.06. The minimum absolute atomic E-state index is 0.181. The smallest absolute Gasteiger partial charge is 0.252 e. The molecule has 0 spiro atoms. The first-order valence-corrected chi connectivity index (χ1v) is 10.2. The molecule has 6 nitrogen and oxygen atoms in total. The van der Waals surface area contributed by atoms with Crippen molar-refractivity contribution >= 4 is 17.4 Å². The molecule has 1 aliphatic rings. The molecule has 0 saturated heterocycles. The zero-order chi connectivity index (χ0) is 22.1. The second-order valence-corrected chi connectivity index (χ2v) is 7.96. The van der Waals surface area contributed by atoms with Gasteiger partial charge in [-0.15, -0.1) is 0 Å². The molecule has 162 valence electrons. The second-order valence-electron chi connectivity index (χ2n) is 7.96. The second kappa shape index (κ2) is 8.47. The number of imidazole rings is 1. The average molecular weight is 426 g/mol. The summed E-state index contributed by atoms with van der Waals surface area (Å²) < 4.78 is 28.7. The normalized spacial score (nSPS) is 14.5. The number of carbonyl (C=O) groups excluding carboxylic acids is 1. The van der Waals surface area contributed by atoms with Crippen LogP contribution in [0, 0.1) is 17.6 Å². The SMILES string of the molecule is CC(C)C(O)C(=O)N1CCn2c(nc(-c3ccc(F)cc3)c2Nc2ccc(F)cc2)C1. The van der Waals surface area contributed by atoms with E-state index < -0.39 is 6.10 Å². The summed E-state index contributed by atoms with van der Waals surface area (Å²) in [4.78, 5) is 18.9. The number of aliphatic hydroxyl groups excluding tert-OH is 1. The molecule has 2 heterocycles. The van der Waals surface area contributed by atoms with Gasteiger partial charge in [-0.1, -0.05) is 13.8 Å². The number of rotatable bonds is 5. The number of benzene rings is 2. The lowest BCUT2D eigenvalue weighted by molar-refractivity contribution is -0.144. The van der Waals surface area contributed by atoms with Crippen LogP contribution in [0.3, 0.4) is 0 Å². The Morgan fingerprint density at radius 3 is 2.26 bits per heavy atom. The lowest BCUT2D eigenvalue weighted by Crippen LogP contribution is -2.45. The van der Waals surface area contributed by atoms with Crippen LogP contribution in [-0.2, 0) is 17.9 Å². The predicted molar refractivity (Wildman–Crippen MR) is 114 cm³/mol. The molecular weight excluding hydrogens is 402 g/mol. The third kappa shape index (κ3) is 4.29. The molecule has 1 aromatic heterocycles. The van der Waals surface area contributed by atoms with Gasteiger partial charge in [0.2, 0.25) is 0 Å². The van der Waals surface area contributed by atoms with Gasteiger partial charge in [0.15, 0.2) is 0 Å². The molecule has 1 unspecified atom stereocenters. The van der Waals surface area contributed by atoms with E-state index in [1.54, 1.807) is 43.0 Å². The average Bonchev–Trinajstić information content (AvgIpc) is 3.12. The van der Waals surface area contributed by atoms with E-state index >= 15 is 0 Å². The van der Waals surface area contributed by atoms with E-state index in [1.807, 2.05) is 4.57 Å². The summed E-state index contributed by atoms with van der Waals surface area (Å²) in [6, 6.07) is 12.0. The van der Waals surface area contributed by atoms with Crippen LogP contribution in [-0.4, -0.2) is 38.1 Å². The largest absolute Gasteiger partial charge is 0.383 e. The van der Waals surface area contributed by atoms with Crippen molar-refractivity contribution < 1.29 is 18.7 Å². The minimum Gasteiger partial charge on any atom is -0.383 e. The Hall–Kier alpha value is -3.26. The predicted octanol–water partition coefficient (Wildman–Crippen LogP) is 3.93. The molecule has 0 radical (unpaired) electrons. The van der Waals surface area contributed by atoms with Gasteiger partial charge in [-0.25, -0.2) is 13.8 Å². The molecule has 0 saturated carbocycles. The van der Waals surface area contributed by atoms with Crippen molar-refractivity contribution in [3.63, 3.8) is 0 Å². The summed E-state index contributed by atoms with van der Waals surface area (Å²) in [5.74, 6) is 0.155. The molecule has 1 aliphatic heterocycles. The Morgan fingerprint density at radius 2 is 1.65 bits per heavy atom. The number of halogens is 2. The summed E-state index contributed by atoms with van der Waals surface area (Å²) in [7, 11) is 0. The Morgan fingerprint density at radius 1 is 1.03 bits per heavy atom. The van der Waals surface area contributed by atoms with Gasteiger partial charge in [0.05, 0.1) is 6.54 Å². The van der Waals surface area contributed by atoms with Gasteiger partial charge < -0.3 is 19.9 Å². The molecule has 2 N–H and O–H groups in total. The molecule has 3 aromatic rings. The van der Waals surface area contributed by atoms with E-state index in [-0.39, 0.29) is 30.0 Å². The van der Waals surface area contributed by atoms with Crippen LogP contribution in [0.15, 0.2) is 48.5 Å². The van der Waals surface area contributed by atoms with E-state index in [4.69, 9.17) is 4.98 Å². The van der Waals surface area contributed by atoms with Crippen LogP contribution in [0.25, 0.3) is 11.3 Å². The van der Waals surface area contributed by atoms with Crippen molar-refractivity contribution in [1.82, 2.24) is 14.5 Å². The number of aromatic nitrogens is 2. The van der Waals surface area contributed by atoms with Gasteiger partial charge in [-0.3, -0.25) is 4.79 Å². The summed E-state index contributed by atoms with van der Waals surface area (Å²) in [5, 5.41) is 13.5.